The molecule has 1 aromatic heterocycles. The van der Waals surface area contributed by atoms with Crippen LogP contribution < -0.4 is 15.8 Å². The Bertz CT molecular complexity index is 419. The molecular formula is C13H23N5O. The van der Waals surface area contributed by atoms with Crippen LogP contribution >= 0.6 is 0 Å². The highest BCUT2D eigenvalue weighted by Crippen LogP contribution is 2.49. The van der Waals surface area contributed by atoms with Gasteiger partial charge in [0.05, 0.1) is 6.61 Å². The number of hydrogen-bond acceptors (Lipinski definition) is 6. The molecule has 1 aliphatic rings. The van der Waals surface area contributed by atoms with Crippen molar-refractivity contribution in [3.8, 4) is 6.01 Å². The second-order valence-corrected chi connectivity index (χ2v) is 5.25. The van der Waals surface area contributed by atoms with E-state index in [2.05, 4.69) is 27.2 Å². The molecule has 1 fully saturated rings. The van der Waals surface area contributed by atoms with Gasteiger partial charge in [0.15, 0.2) is 0 Å². The zero-order chi connectivity index (χ0) is 13.7. The van der Waals surface area contributed by atoms with Gasteiger partial charge in [-0.25, -0.2) is 0 Å². The Balaban J connectivity index is 1.94. The van der Waals surface area contributed by atoms with Crippen LogP contribution in [-0.2, 0) is 0 Å². The molecule has 19 heavy (non-hydrogen) atoms. The van der Waals surface area contributed by atoms with E-state index in [0.717, 1.165) is 13.0 Å². The third-order valence-corrected chi connectivity index (χ3v) is 3.43. The number of nitrogen functional groups attached to an aromatic ring is 1. The summed E-state index contributed by atoms with van der Waals surface area (Å²) in [5.41, 5.74) is 6.11. The van der Waals surface area contributed by atoms with E-state index in [1.165, 1.54) is 25.7 Å². The molecule has 0 saturated heterocycles. The SMILES string of the molecule is CCCOc1nc(N)nc(NCC2(CCC)CC2)n1. The van der Waals surface area contributed by atoms with Crippen LogP contribution in [0.25, 0.3) is 0 Å². The molecule has 1 saturated carbocycles. The van der Waals surface area contributed by atoms with Crippen molar-refractivity contribution in [3.63, 3.8) is 0 Å². The summed E-state index contributed by atoms with van der Waals surface area (Å²) in [6.07, 6.45) is 5.95. The molecule has 0 aromatic carbocycles. The molecule has 6 nitrogen and oxygen atoms in total. The third kappa shape index (κ3) is 3.94. The monoisotopic (exact) mass is 265 g/mol. The Kier molecular flexibility index (Phi) is 4.39. The molecule has 0 bridgehead atoms. The highest BCUT2D eigenvalue weighted by molar-refractivity contribution is 5.33. The fourth-order valence-corrected chi connectivity index (χ4v) is 2.20. The van der Waals surface area contributed by atoms with Gasteiger partial charge in [-0.05, 0) is 31.1 Å². The van der Waals surface area contributed by atoms with Crippen molar-refractivity contribution < 1.29 is 4.74 Å². The molecule has 6 heteroatoms. The largest absolute Gasteiger partial charge is 0.463 e. The highest BCUT2D eigenvalue weighted by atomic mass is 16.5. The lowest BCUT2D eigenvalue weighted by molar-refractivity contribution is 0.292. The highest BCUT2D eigenvalue weighted by Gasteiger charge is 2.41. The van der Waals surface area contributed by atoms with E-state index in [1.54, 1.807) is 0 Å². The number of nitrogens with two attached hydrogens (primary N) is 1. The first-order chi connectivity index (χ1) is 9.17. The van der Waals surface area contributed by atoms with Gasteiger partial charge in [-0.1, -0.05) is 20.3 Å². The third-order valence-electron chi connectivity index (χ3n) is 3.43. The van der Waals surface area contributed by atoms with Crippen LogP contribution in [0.1, 0.15) is 46.0 Å². The Morgan fingerprint density at radius 3 is 2.63 bits per heavy atom. The molecule has 0 spiro atoms. The zero-order valence-corrected chi connectivity index (χ0v) is 11.8. The van der Waals surface area contributed by atoms with Gasteiger partial charge in [0.1, 0.15) is 0 Å². The summed E-state index contributed by atoms with van der Waals surface area (Å²) >= 11 is 0. The number of nitrogens with zero attached hydrogens (tertiary/aromatic N) is 3. The van der Waals surface area contributed by atoms with Crippen LogP contribution in [0.4, 0.5) is 11.9 Å². The van der Waals surface area contributed by atoms with Gasteiger partial charge < -0.3 is 15.8 Å². The minimum Gasteiger partial charge on any atom is -0.463 e. The molecular weight excluding hydrogens is 242 g/mol. The maximum atomic E-state index is 5.66. The molecule has 0 atom stereocenters. The summed E-state index contributed by atoms with van der Waals surface area (Å²) in [5.74, 6) is 0.713. The van der Waals surface area contributed by atoms with Crippen LogP contribution in [-0.4, -0.2) is 28.1 Å². The quantitative estimate of drug-likeness (QED) is 0.749. The van der Waals surface area contributed by atoms with Crippen molar-refractivity contribution >= 4 is 11.9 Å². The summed E-state index contributed by atoms with van der Waals surface area (Å²) < 4.78 is 5.39. The number of rotatable bonds is 8. The number of nitrogens with one attached hydrogen (secondary N) is 1. The van der Waals surface area contributed by atoms with E-state index in [9.17, 15) is 0 Å². The molecule has 0 aliphatic heterocycles. The van der Waals surface area contributed by atoms with Crippen molar-refractivity contribution in [2.45, 2.75) is 46.0 Å². The maximum Gasteiger partial charge on any atom is 0.323 e. The van der Waals surface area contributed by atoms with E-state index in [4.69, 9.17) is 10.5 Å². The lowest BCUT2D eigenvalue weighted by Gasteiger charge is -2.15. The first-order valence-corrected chi connectivity index (χ1v) is 7.06. The van der Waals surface area contributed by atoms with Gasteiger partial charge in [0, 0.05) is 6.54 Å². The molecule has 1 heterocycles. The van der Waals surface area contributed by atoms with Crippen molar-refractivity contribution in [1.29, 1.82) is 0 Å². The van der Waals surface area contributed by atoms with Crippen LogP contribution in [0.3, 0.4) is 0 Å². The topological polar surface area (TPSA) is 86.0 Å². The predicted octanol–water partition coefficient (Wildman–Crippen LogP) is 2.23. The molecule has 1 aromatic rings. The smallest absolute Gasteiger partial charge is 0.323 e. The van der Waals surface area contributed by atoms with Crippen molar-refractivity contribution in [2.75, 3.05) is 24.2 Å². The van der Waals surface area contributed by atoms with Crippen LogP contribution in [0.2, 0.25) is 0 Å². The van der Waals surface area contributed by atoms with Crippen LogP contribution in [0.15, 0.2) is 0 Å². The summed E-state index contributed by atoms with van der Waals surface area (Å²) in [6, 6.07) is 0.303. The molecule has 0 unspecified atom stereocenters. The minimum absolute atomic E-state index is 0.198. The van der Waals surface area contributed by atoms with Crippen LogP contribution in [0.5, 0.6) is 6.01 Å². The number of hydrogen-bond donors (Lipinski definition) is 2. The van der Waals surface area contributed by atoms with Gasteiger partial charge in [0.2, 0.25) is 11.9 Å². The van der Waals surface area contributed by atoms with Crippen molar-refractivity contribution in [2.24, 2.45) is 5.41 Å². The van der Waals surface area contributed by atoms with Gasteiger partial charge >= 0.3 is 6.01 Å². The van der Waals surface area contributed by atoms with Crippen molar-refractivity contribution in [3.05, 3.63) is 0 Å². The van der Waals surface area contributed by atoms with E-state index < -0.39 is 0 Å². The van der Waals surface area contributed by atoms with E-state index in [1.807, 2.05) is 6.92 Å². The Morgan fingerprint density at radius 1 is 1.21 bits per heavy atom. The fourth-order valence-electron chi connectivity index (χ4n) is 2.20. The summed E-state index contributed by atoms with van der Waals surface area (Å²) in [4.78, 5) is 12.3. The zero-order valence-electron chi connectivity index (χ0n) is 11.8. The van der Waals surface area contributed by atoms with Crippen LogP contribution in [0, 0.1) is 5.41 Å². The van der Waals surface area contributed by atoms with Gasteiger partial charge in [-0.3, -0.25) is 0 Å². The van der Waals surface area contributed by atoms with Gasteiger partial charge in [-0.15, -0.1) is 0 Å². The summed E-state index contributed by atoms with van der Waals surface area (Å²) in [6.45, 7) is 5.74. The number of aromatic nitrogens is 3. The standard InChI is InChI=1S/C13H23N5O/c1-3-5-13(6-7-13)9-15-11-16-10(14)17-12(18-11)19-8-4-2/h3-9H2,1-2H3,(H3,14,15,16,17,18). The summed E-state index contributed by atoms with van der Waals surface area (Å²) in [5, 5.41) is 3.27. The molecule has 0 amide bonds. The Labute approximate surface area is 114 Å². The fraction of sp³-hybridized carbons (Fsp3) is 0.769. The first-order valence-electron chi connectivity index (χ1n) is 7.06. The van der Waals surface area contributed by atoms with Gasteiger partial charge in [-0.2, -0.15) is 15.0 Å². The average Bonchev–Trinajstić information content (AvgIpc) is 3.14. The maximum absolute atomic E-state index is 5.66. The Morgan fingerprint density at radius 2 is 2.00 bits per heavy atom. The predicted molar refractivity (Wildman–Crippen MR) is 75.1 cm³/mol. The lowest BCUT2D eigenvalue weighted by atomic mass is 10.0. The Hall–Kier alpha value is -1.59. The summed E-state index contributed by atoms with van der Waals surface area (Å²) in [7, 11) is 0. The second kappa shape index (κ2) is 6.04. The minimum atomic E-state index is 0.198. The molecule has 0 radical (unpaired) electrons. The second-order valence-electron chi connectivity index (χ2n) is 5.25. The first kappa shape index (κ1) is 13.8. The molecule has 2 rings (SSSR count). The van der Waals surface area contributed by atoms with Crippen molar-refractivity contribution in [1.82, 2.24) is 15.0 Å². The lowest BCUT2D eigenvalue weighted by Crippen LogP contribution is -2.18. The number of anilines is 2. The van der Waals surface area contributed by atoms with E-state index in [-0.39, 0.29) is 5.95 Å². The number of ether oxygens (including phenoxy) is 1. The van der Waals surface area contributed by atoms with Gasteiger partial charge in [0.25, 0.3) is 0 Å². The molecule has 106 valence electrons. The molecule has 3 N–H and O–H groups in total. The molecule has 1 aliphatic carbocycles. The van der Waals surface area contributed by atoms with E-state index in [0.29, 0.717) is 24.0 Å². The normalized spacial score (nSPS) is 16.1. The van der Waals surface area contributed by atoms with E-state index >= 15 is 0 Å². The average molecular weight is 265 g/mol.